The molecule has 1 N–H and O–H groups in total. The van der Waals surface area contributed by atoms with Gasteiger partial charge in [0.2, 0.25) is 0 Å². The Balaban J connectivity index is 2.78. The van der Waals surface area contributed by atoms with Crippen molar-refractivity contribution in [3.05, 3.63) is 35.9 Å². The third-order valence-electron chi connectivity index (χ3n) is 2.15. The van der Waals surface area contributed by atoms with Crippen molar-refractivity contribution < 1.29 is 19.1 Å². The van der Waals surface area contributed by atoms with Crippen molar-refractivity contribution in [2.75, 3.05) is 7.11 Å². The first-order chi connectivity index (χ1) is 8.06. The highest BCUT2D eigenvalue weighted by Crippen LogP contribution is 2.00. The molecule has 5 heteroatoms. The van der Waals surface area contributed by atoms with Gasteiger partial charge in [-0.15, -0.1) is 0 Å². The lowest BCUT2D eigenvalue weighted by Crippen LogP contribution is -2.46. The third-order valence-corrected chi connectivity index (χ3v) is 2.15. The van der Waals surface area contributed by atoms with Gasteiger partial charge in [-0.3, -0.25) is 9.59 Å². The molecule has 0 heterocycles. The molecular weight excluding hydrogens is 222 g/mol. The van der Waals surface area contributed by atoms with Gasteiger partial charge in [-0.2, -0.15) is 0 Å². The average molecular weight is 235 g/mol. The van der Waals surface area contributed by atoms with Crippen LogP contribution in [-0.4, -0.2) is 30.8 Å². The quantitative estimate of drug-likeness (QED) is 0.611. The predicted molar refractivity (Wildman–Crippen MR) is 60.4 cm³/mol. The molecule has 0 aromatic heterocycles. The Hall–Kier alpha value is -2.17. The number of nitrogens with one attached hydrogen (secondary N) is 1. The molecule has 0 saturated carbocycles. The molecular formula is C12H13NO4. The molecule has 1 aromatic rings. The van der Waals surface area contributed by atoms with Gasteiger partial charge in [0.15, 0.2) is 11.8 Å². The van der Waals surface area contributed by atoms with Gasteiger partial charge >= 0.3 is 5.97 Å². The van der Waals surface area contributed by atoms with Crippen molar-refractivity contribution in [2.24, 2.45) is 0 Å². The van der Waals surface area contributed by atoms with Gasteiger partial charge in [0.1, 0.15) is 0 Å². The van der Waals surface area contributed by atoms with E-state index in [1.54, 1.807) is 30.3 Å². The normalized spacial score (nSPS) is 11.4. The summed E-state index contributed by atoms with van der Waals surface area (Å²) in [4.78, 5) is 34.2. The van der Waals surface area contributed by atoms with Crippen molar-refractivity contribution in [1.82, 2.24) is 5.32 Å². The number of ether oxygens (including phenoxy) is 1. The molecule has 0 aliphatic heterocycles. The second-order valence-electron chi connectivity index (χ2n) is 3.41. The second-order valence-corrected chi connectivity index (χ2v) is 3.41. The highest BCUT2D eigenvalue weighted by atomic mass is 16.5. The molecule has 17 heavy (non-hydrogen) atoms. The van der Waals surface area contributed by atoms with Crippen molar-refractivity contribution in [3.8, 4) is 0 Å². The van der Waals surface area contributed by atoms with Crippen LogP contribution in [0, 0.1) is 0 Å². The fraction of sp³-hybridized carbons (Fsp3) is 0.250. The molecule has 0 bridgehead atoms. The van der Waals surface area contributed by atoms with Crippen molar-refractivity contribution >= 4 is 17.7 Å². The minimum atomic E-state index is -1.26. The molecule has 0 aliphatic rings. The van der Waals surface area contributed by atoms with E-state index in [2.05, 4.69) is 10.1 Å². The van der Waals surface area contributed by atoms with E-state index in [0.29, 0.717) is 5.56 Å². The molecule has 1 atom stereocenters. The first kappa shape index (κ1) is 12.9. The van der Waals surface area contributed by atoms with Gasteiger partial charge in [0.25, 0.3) is 5.91 Å². The highest BCUT2D eigenvalue weighted by Gasteiger charge is 2.26. The van der Waals surface area contributed by atoms with E-state index in [1.165, 1.54) is 6.92 Å². The van der Waals surface area contributed by atoms with E-state index in [4.69, 9.17) is 0 Å². The predicted octanol–water partition coefficient (Wildman–Crippen LogP) is 0.547. The molecule has 1 amide bonds. The zero-order chi connectivity index (χ0) is 12.8. The first-order valence-electron chi connectivity index (χ1n) is 5.00. The van der Waals surface area contributed by atoms with Gasteiger partial charge in [0, 0.05) is 5.56 Å². The summed E-state index contributed by atoms with van der Waals surface area (Å²) in [6.45, 7) is 1.22. The van der Waals surface area contributed by atoms with Crippen LogP contribution in [0.5, 0.6) is 0 Å². The van der Waals surface area contributed by atoms with Gasteiger partial charge < -0.3 is 10.1 Å². The number of rotatable bonds is 4. The summed E-state index contributed by atoms with van der Waals surface area (Å²) in [7, 11) is 1.16. The van der Waals surface area contributed by atoms with Crippen LogP contribution >= 0.6 is 0 Å². The summed E-state index contributed by atoms with van der Waals surface area (Å²) in [5.41, 5.74) is 0.377. The van der Waals surface area contributed by atoms with Gasteiger partial charge in [-0.1, -0.05) is 18.2 Å². The molecule has 1 aromatic carbocycles. The smallest absolute Gasteiger partial charge is 0.336 e. The molecule has 0 radical (unpaired) electrons. The number of benzene rings is 1. The SMILES string of the molecule is COC(=O)[C@H](NC(=O)c1ccccc1)C(C)=O. The zero-order valence-corrected chi connectivity index (χ0v) is 9.60. The maximum Gasteiger partial charge on any atom is 0.336 e. The van der Waals surface area contributed by atoms with Crippen LogP contribution in [-0.2, 0) is 14.3 Å². The first-order valence-corrected chi connectivity index (χ1v) is 5.00. The molecule has 0 aliphatic carbocycles. The number of hydrogen-bond acceptors (Lipinski definition) is 4. The third kappa shape index (κ3) is 3.41. The Labute approximate surface area is 98.8 Å². The fourth-order valence-electron chi connectivity index (χ4n) is 1.25. The maximum atomic E-state index is 11.7. The zero-order valence-electron chi connectivity index (χ0n) is 9.60. The number of esters is 1. The molecule has 0 saturated heterocycles. The lowest BCUT2D eigenvalue weighted by Gasteiger charge is -2.13. The number of methoxy groups -OCH3 is 1. The monoisotopic (exact) mass is 235 g/mol. The summed E-state index contributed by atoms with van der Waals surface area (Å²) in [6, 6.07) is 7.06. The number of carbonyl (C=O) groups excluding carboxylic acids is 3. The van der Waals surface area contributed by atoms with E-state index in [9.17, 15) is 14.4 Å². The number of Topliss-reactive ketones (excluding diaryl/α,β-unsaturated/α-hetero) is 1. The van der Waals surface area contributed by atoms with Gasteiger partial charge in [-0.25, -0.2) is 4.79 Å². The van der Waals surface area contributed by atoms with E-state index < -0.39 is 23.7 Å². The van der Waals surface area contributed by atoms with Crippen LogP contribution in [0.15, 0.2) is 30.3 Å². The van der Waals surface area contributed by atoms with Crippen LogP contribution < -0.4 is 5.32 Å². The van der Waals surface area contributed by atoms with E-state index in [1.807, 2.05) is 0 Å². The molecule has 0 unspecified atom stereocenters. The lowest BCUT2D eigenvalue weighted by molar-refractivity contribution is -0.145. The Kier molecular flexibility index (Phi) is 4.39. The maximum absolute atomic E-state index is 11.7. The Morgan fingerprint density at radius 2 is 1.76 bits per heavy atom. The Morgan fingerprint density at radius 1 is 1.18 bits per heavy atom. The topological polar surface area (TPSA) is 72.5 Å². The van der Waals surface area contributed by atoms with E-state index in [-0.39, 0.29) is 0 Å². The molecule has 0 fully saturated rings. The summed E-state index contributed by atoms with van der Waals surface area (Å²) in [5.74, 6) is -1.74. The summed E-state index contributed by atoms with van der Waals surface area (Å²) >= 11 is 0. The van der Waals surface area contributed by atoms with Crippen LogP contribution in [0.1, 0.15) is 17.3 Å². The molecule has 1 rings (SSSR count). The van der Waals surface area contributed by atoms with Gasteiger partial charge in [-0.05, 0) is 19.1 Å². The largest absolute Gasteiger partial charge is 0.467 e. The second kappa shape index (κ2) is 5.79. The minimum Gasteiger partial charge on any atom is -0.467 e. The van der Waals surface area contributed by atoms with E-state index in [0.717, 1.165) is 7.11 Å². The van der Waals surface area contributed by atoms with Crippen molar-refractivity contribution in [3.63, 3.8) is 0 Å². The van der Waals surface area contributed by atoms with Crippen molar-refractivity contribution in [1.29, 1.82) is 0 Å². The summed E-state index contributed by atoms with van der Waals surface area (Å²) in [6.07, 6.45) is 0. The number of ketones is 1. The lowest BCUT2D eigenvalue weighted by atomic mass is 10.1. The Morgan fingerprint density at radius 3 is 2.24 bits per heavy atom. The summed E-state index contributed by atoms with van der Waals surface area (Å²) in [5, 5.41) is 2.32. The number of amides is 1. The highest BCUT2D eigenvalue weighted by molar-refractivity contribution is 6.07. The fourth-order valence-corrected chi connectivity index (χ4v) is 1.25. The number of carbonyl (C=O) groups is 3. The standard InChI is InChI=1S/C12H13NO4/c1-8(14)10(12(16)17-2)13-11(15)9-6-4-3-5-7-9/h3-7,10H,1-2H3,(H,13,15)/t10-/m1/s1. The molecule has 90 valence electrons. The summed E-state index contributed by atoms with van der Waals surface area (Å²) < 4.78 is 4.44. The average Bonchev–Trinajstić information content (AvgIpc) is 2.35. The van der Waals surface area contributed by atoms with Crippen molar-refractivity contribution in [2.45, 2.75) is 13.0 Å². The molecule has 5 nitrogen and oxygen atoms in total. The van der Waals surface area contributed by atoms with Crippen LogP contribution in [0.25, 0.3) is 0 Å². The number of hydrogen-bond donors (Lipinski definition) is 1. The van der Waals surface area contributed by atoms with Gasteiger partial charge in [0.05, 0.1) is 7.11 Å². The van der Waals surface area contributed by atoms with Crippen LogP contribution in [0.3, 0.4) is 0 Å². The Bertz CT molecular complexity index is 427. The minimum absolute atomic E-state index is 0.377. The van der Waals surface area contributed by atoms with Crippen LogP contribution in [0.2, 0.25) is 0 Å². The van der Waals surface area contributed by atoms with Crippen LogP contribution in [0.4, 0.5) is 0 Å². The molecule has 0 spiro atoms. The van der Waals surface area contributed by atoms with E-state index >= 15 is 0 Å².